The molecule has 124 valence electrons. The fraction of sp³-hybridized carbons (Fsp3) is 0.400. The van der Waals surface area contributed by atoms with E-state index < -0.39 is 27.8 Å². The molecule has 0 fully saturated rings. The Bertz CT molecular complexity index is 740. The first-order chi connectivity index (χ1) is 10.9. The summed E-state index contributed by atoms with van der Waals surface area (Å²) in [5.74, 6) is -2.13. The third-order valence-corrected chi connectivity index (χ3v) is 5.05. The molecule has 0 N–H and O–H groups in total. The van der Waals surface area contributed by atoms with Crippen molar-refractivity contribution in [3.05, 3.63) is 29.8 Å². The van der Waals surface area contributed by atoms with Gasteiger partial charge in [0.15, 0.2) is 0 Å². The summed E-state index contributed by atoms with van der Waals surface area (Å²) in [6.07, 6.45) is 0.599. The monoisotopic (exact) mass is 339 g/mol. The van der Waals surface area contributed by atoms with E-state index in [1.54, 1.807) is 0 Å². The third-order valence-electron chi connectivity index (χ3n) is 3.29. The van der Waals surface area contributed by atoms with Gasteiger partial charge < -0.3 is 4.74 Å². The highest BCUT2D eigenvalue weighted by atomic mass is 32.2. The maximum absolute atomic E-state index is 12.3. The number of hydrogen-bond acceptors (Lipinski definition) is 6. The van der Waals surface area contributed by atoms with E-state index >= 15 is 0 Å². The smallest absolute Gasteiger partial charge is 0.305 e. The molecule has 0 bridgehead atoms. The van der Waals surface area contributed by atoms with Crippen LogP contribution in [0.3, 0.4) is 0 Å². The Morgan fingerprint density at radius 1 is 1.17 bits per heavy atom. The summed E-state index contributed by atoms with van der Waals surface area (Å²) in [5, 5.41) is 0. The molecule has 1 aliphatic rings. The van der Waals surface area contributed by atoms with Crippen molar-refractivity contribution in [2.45, 2.75) is 37.5 Å². The molecule has 1 aromatic carbocycles. The van der Waals surface area contributed by atoms with E-state index in [0.29, 0.717) is 13.0 Å². The predicted molar refractivity (Wildman–Crippen MR) is 79.9 cm³/mol. The number of amides is 2. The zero-order valence-electron chi connectivity index (χ0n) is 12.6. The van der Waals surface area contributed by atoms with Crippen LogP contribution in [0.4, 0.5) is 0 Å². The van der Waals surface area contributed by atoms with Crippen molar-refractivity contribution in [1.82, 2.24) is 4.31 Å². The molecule has 8 heteroatoms. The van der Waals surface area contributed by atoms with Gasteiger partial charge in [0.2, 0.25) is 5.91 Å². The van der Waals surface area contributed by atoms with Gasteiger partial charge in [0.1, 0.15) is 4.90 Å². The van der Waals surface area contributed by atoms with Gasteiger partial charge in [-0.3, -0.25) is 14.4 Å². The first kappa shape index (κ1) is 17.1. The number of ether oxygens (including phenoxy) is 1. The number of carbonyl (C=O) groups is 3. The second-order valence-electron chi connectivity index (χ2n) is 5.04. The maximum Gasteiger partial charge on any atom is 0.305 e. The fourth-order valence-corrected chi connectivity index (χ4v) is 3.76. The molecule has 0 saturated heterocycles. The Morgan fingerprint density at radius 2 is 1.87 bits per heavy atom. The standard InChI is InChI=1S/C15H17NO6S/c1-2-10-22-14(18)9-5-8-13(17)16-15(19)11-6-3-4-7-12(11)23(16,20)21/h3-4,6-7H,2,5,8-10H2,1H3. The van der Waals surface area contributed by atoms with E-state index in [9.17, 15) is 22.8 Å². The Kier molecular flexibility index (Phi) is 5.15. The van der Waals surface area contributed by atoms with Crippen LogP contribution in [0.1, 0.15) is 43.0 Å². The summed E-state index contributed by atoms with van der Waals surface area (Å²) in [4.78, 5) is 35.4. The van der Waals surface area contributed by atoms with Crippen LogP contribution in [0.2, 0.25) is 0 Å². The second kappa shape index (κ2) is 6.91. The van der Waals surface area contributed by atoms with Gasteiger partial charge in [-0.15, -0.1) is 0 Å². The molecule has 0 unspecified atom stereocenters. The number of esters is 1. The van der Waals surface area contributed by atoms with Crippen molar-refractivity contribution in [2.75, 3.05) is 6.61 Å². The first-order valence-corrected chi connectivity index (χ1v) is 8.70. The van der Waals surface area contributed by atoms with E-state index in [1.807, 2.05) is 6.92 Å². The Labute approximate surface area is 134 Å². The minimum absolute atomic E-state index is 0.000760. The lowest BCUT2D eigenvalue weighted by Crippen LogP contribution is -2.36. The number of fused-ring (bicyclic) bond motifs is 1. The molecule has 0 aliphatic carbocycles. The molecule has 2 amide bonds. The first-order valence-electron chi connectivity index (χ1n) is 7.26. The normalized spacial score (nSPS) is 15.3. The van der Waals surface area contributed by atoms with Crippen molar-refractivity contribution in [3.63, 3.8) is 0 Å². The second-order valence-corrected chi connectivity index (χ2v) is 6.79. The van der Waals surface area contributed by atoms with Crippen LogP contribution < -0.4 is 0 Å². The quantitative estimate of drug-likeness (QED) is 0.728. The van der Waals surface area contributed by atoms with Crippen molar-refractivity contribution in [2.24, 2.45) is 0 Å². The van der Waals surface area contributed by atoms with E-state index in [0.717, 1.165) is 0 Å². The van der Waals surface area contributed by atoms with Crippen LogP contribution in [0.5, 0.6) is 0 Å². The minimum Gasteiger partial charge on any atom is -0.466 e. The average molecular weight is 339 g/mol. The van der Waals surface area contributed by atoms with Crippen LogP contribution in [0, 0.1) is 0 Å². The zero-order chi connectivity index (χ0) is 17.0. The molecule has 2 rings (SSSR count). The van der Waals surface area contributed by atoms with Crippen LogP contribution >= 0.6 is 0 Å². The van der Waals surface area contributed by atoms with Gasteiger partial charge in [0, 0.05) is 12.8 Å². The van der Waals surface area contributed by atoms with Gasteiger partial charge in [-0.1, -0.05) is 19.1 Å². The predicted octanol–water partition coefficient (Wildman–Crippen LogP) is 1.48. The average Bonchev–Trinajstić information content (AvgIpc) is 2.72. The number of hydrogen-bond donors (Lipinski definition) is 0. The lowest BCUT2D eigenvalue weighted by Gasteiger charge is -2.12. The molecular formula is C15H17NO6S. The van der Waals surface area contributed by atoms with E-state index in [1.165, 1.54) is 24.3 Å². The van der Waals surface area contributed by atoms with Gasteiger partial charge in [-0.25, -0.2) is 8.42 Å². The van der Waals surface area contributed by atoms with Crippen LogP contribution in [0.15, 0.2) is 29.2 Å². The number of benzene rings is 1. The summed E-state index contributed by atoms with van der Waals surface area (Å²) >= 11 is 0. The molecule has 23 heavy (non-hydrogen) atoms. The summed E-state index contributed by atoms with van der Waals surface area (Å²) < 4.78 is 29.7. The molecule has 1 aromatic rings. The van der Waals surface area contributed by atoms with Crippen LogP contribution in [-0.4, -0.2) is 37.1 Å². The van der Waals surface area contributed by atoms with Crippen molar-refractivity contribution < 1.29 is 27.5 Å². The highest BCUT2D eigenvalue weighted by Crippen LogP contribution is 2.30. The fourth-order valence-electron chi connectivity index (χ4n) is 2.21. The highest BCUT2D eigenvalue weighted by molar-refractivity contribution is 7.90. The summed E-state index contributed by atoms with van der Waals surface area (Å²) in [7, 11) is -4.14. The number of rotatable bonds is 6. The lowest BCUT2D eigenvalue weighted by molar-refractivity contribution is -0.143. The SMILES string of the molecule is CCCOC(=O)CCCC(=O)N1C(=O)c2ccccc2S1(=O)=O. The molecule has 7 nitrogen and oxygen atoms in total. The van der Waals surface area contributed by atoms with Crippen molar-refractivity contribution in [3.8, 4) is 0 Å². The van der Waals surface area contributed by atoms with Crippen molar-refractivity contribution in [1.29, 1.82) is 0 Å². The number of imide groups is 1. The molecule has 0 spiro atoms. The van der Waals surface area contributed by atoms with Gasteiger partial charge in [0.05, 0.1) is 12.2 Å². The number of sulfonamides is 1. The van der Waals surface area contributed by atoms with Gasteiger partial charge in [-0.2, -0.15) is 4.31 Å². The van der Waals surface area contributed by atoms with Gasteiger partial charge in [0.25, 0.3) is 15.9 Å². The topological polar surface area (TPSA) is 97.8 Å². The van der Waals surface area contributed by atoms with Crippen LogP contribution in [-0.2, 0) is 24.3 Å². The zero-order valence-corrected chi connectivity index (χ0v) is 13.5. The maximum atomic E-state index is 12.3. The van der Waals surface area contributed by atoms with Crippen molar-refractivity contribution >= 4 is 27.8 Å². The molecule has 1 heterocycles. The molecule has 0 saturated carbocycles. The molecule has 1 aliphatic heterocycles. The number of nitrogens with zero attached hydrogens (tertiary/aromatic N) is 1. The summed E-state index contributed by atoms with van der Waals surface area (Å²) in [6.45, 7) is 2.17. The Hall–Kier alpha value is -2.22. The Morgan fingerprint density at radius 3 is 2.52 bits per heavy atom. The van der Waals surface area contributed by atoms with Gasteiger partial charge >= 0.3 is 5.97 Å². The summed E-state index contributed by atoms with van der Waals surface area (Å²) in [6, 6.07) is 5.67. The highest BCUT2D eigenvalue weighted by Gasteiger charge is 2.44. The largest absolute Gasteiger partial charge is 0.466 e. The van der Waals surface area contributed by atoms with E-state index in [4.69, 9.17) is 4.74 Å². The Balaban J connectivity index is 2.01. The van der Waals surface area contributed by atoms with E-state index in [-0.39, 0.29) is 34.0 Å². The molecule has 0 radical (unpaired) electrons. The minimum atomic E-state index is -4.14. The molecular weight excluding hydrogens is 322 g/mol. The lowest BCUT2D eigenvalue weighted by atomic mass is 10.2. The molecule has 0 atom stereocenters. The summed E-state index contributed by atoms with van der Waals surface area (Å²) in [5.41, 5.74) is -0.0109. The molecule has 0 aromatic heterocycles. The van der Waals surface area contributed by atoms with Crippen LogP contribution in [0.25, 0.3) is 0 Å². The van der Waals surface area contributed by atoms with Gasteiger partial charge in [-0.05, 0) is 25.0 Å². The third kappa shape index (κ3) is 3.42. The van der Waals surface area contributed by atoms with E-state index in [2.05, 4.69) is 0 Å². The number of carbonyl (C=O) groups excluding carboxylic acids is 3.